The van der Waals surface area contributed by atoms with Gasteiger partial charge in [-0.3, -0.25) is 4.90 Å². The molecule has 3 atom stereocenters. The van der Waals surface area contributed by atoms with Crippen molar-refractivity contribution in [3.63, 3.8) is 0 Å². The van der Waals surface area contributed by atoms with E-state index >= 15 is 8.78 Å². The van der Waals surface area contributed by atoms with E-state index in [1.54, 1.807) is 0 Å². The van der Waals surface area contributed by atoms with Crippen LogP contribution in [0.1, 0.15) is 56.5 Å². The Labute approximate surface area is 186 Å². The molecule has 6 heteroatoms. The van der Waals surface area contributed by atoms with Gasteiger partial charge in [0.15, 0.2) is 0 Å². The van der Waals surface area contributed by atoms with Crippen LogP contribution in [0.25, 0.3) is 10.9 Å². The van der Waals surface area contributed by atoms with Crippen molar-refractivity contribution in [2.75, 3.05) is 6.54 Å². The molecule has 0 spiro atoms. The van der Waals surface area contributed by atoms with Crippen LogP contribution in [0.15, 0.2) is 36.4 Å². The number of rotatable bonds is 5. The smallest absolute Gasteiger partial charge is 0.135 e. The number of aromatic amines is 1. The zero-order chi connectivity index (χ0) is 22.6. The van der Waals surface area contributed by atoms with Crippen molar-refractivity contribution < 1.29 is 17.9 Å². The van der Waals surface area contributed by atoms with Gasteiger partial charge in [0.2, 0.25) is 0 Å². The number of hydrogen-bond donors (Lipinski definition) is 1. The van der Waals surface area contributed by atoms with E-state index in [-0.39, 0.29) is 30.0 Å². The molecule has 3 nitrogen and oxygen atoms in total. The van der Waals surface area contributed by atoms with Gasteiger partial charge in [-0.2, -0.15) is 0 Å². The molecule has 3 aromatic rings. The third-order valence-electron chi connectivity index (χ3n) is 6.57. The summed E-state index contributed by atoms with van der Waals surface area (Å²) in [6.45, 7) is 5.04. The van der Waals surface area contributed by atoms with Gasteiger partial charge < -0.3 is 9.72 Å². The molecule has 169 valence electrons. The minimum absolute atomic E-state index is 0.0573. The van der Waals surface area contributed by atoms with Gasteiger partial charge in [0.25, 0.3) is 0 Å². The molecule has 1 fully saturated rings. The van der Waals surface area contributed by atoms with Crippen LogP contribution in [0.5, 0.6) is 5.75 Å². The Bertz CT molecular complexity index is 1120. The number of ether oxygens (including phenoxy) is 1. The second-order valence-corrected chi connectivity index (χ2v) is 9.68. The molecule has 0 amide bonds. The number of para-hydroxylation sites is 1. The molecule has 32 heavy (non-hydrogen) atoms. The first-order valence-electron chi connectivity index (χ1n) is 11.2. The molecule has 1 unspecified atom stereocenters. The Kier molecular flexibility index (Phi) is 5.24. The molecule has 5 rings (SSSR count). The van der Waals surface area contributed by atoms with Crippen LogP contribution in [0, 0.1) is 18.1 Å². The maximum atomic E-state index is 15.5. The normalized spacial score (nSPS) is 22.1. The molecule has 2 heterocycles. The van der Waals surface area contributed by atoms with Crippen LogP contribution < -0.4 is 4.74 Å². The molecule has 0 bridgehead atoms. The van der Waals surface area contributed by atoms with Crippen LogP contribution in [-0.4, -0.2) is 34.2 Å². The average Bonchev–Trinajstić information content (AvgIpc) is 3.04. The number of hydrogen-bond acceptors (Lipinski definition) is 2. The maximum absolute atomic E-state index is 15.5. The van der Waals surface area contributed by atoms with Gasteiger partial charge in [0.05, 0.1) is 6.04 Å². The first-order valence-corrected chi connectivity index (χ1v) is 11.2. The lowest BCUT2D eigenvalue weighted by Gasteiger charge is -2.43. The minimum atomic E-state index is -1.52. The predicted octanol–water partition coefficient (Wildman–Crippen LogP) is 6.28. The van der Waals surface area contributed by atoms with Gasteiger partial charge in [-0.05, 0) is 51.7 Å². The Morgan fingerprint density at radius 1 is 1.16 bits per heavy atom. The molecular formula is C26H28F3N2O. The number of nitrogens with zero attached hydrogens (tertiary/aromatic N) is 1. The highest BCUT2D eigenvalue weighted by Crippen LogP contribution is 2.44. The SMILES string of the molecule is C[C@@H]1Cc2c([nH]c3ccccc23)[C@@H](c2c(F)cc(OC3[CH]CC3)cc2F)N1CC(C)(C)F. The van der Waals surface area contributed by atoms with Gasteiger partial charge >= 0.3 is 0 Å². The van der Waals surface area contributed by atoms with Crippen molar-refractivity contribution in [1.82, 2.24) is 9.88 Å². The largest absolute Gasteiger partial charge is 0.490 e. The highest BCUT2D eigenvalue weighted by atomic mass is 19.1. The van der Waals surface area contributed by atoms with Crippen molar-refractivity contribution in [1.29, 1.82) is 0 Å². The van der Waals surface area contributed by atoms with Crippen molar-refractivity contribution in [3.05, 3.63) is 71.3 Å². The van der Waals surface area contributed by atoms with Crippen LogP contribution in [0.3, 0.4) is 0 Å². The monoisotopic (exact) mass is 441 g/mol. The zero-order valence-electron chi connectivity index (χ0n) is 18.6. The molecule has 2 aliphatic rings. The number of fused-ring (bicyclic) bond motifs is 3. The van der Waals surface area contributed by atoms with E-state index < -0.39 is 23.3 Å². The first-order chi connectivity index (χ1) is 15.2. The number of halogens is 3. The van der Waals surface area contributed by atoms with Crippen LogP contribution in [0.4, 0.5) is 13.2 Å². The molecule has 1 N–H and O–H groups in total. The molecule has 1 radical (unpaired) electrons. The van der Waals surface area contributed by atoms with Crippen molar-refractivity contribution >= 4 is 10.9 Å². The third-order valence-corrected chi connectivity index (χ3v) is 6.57. The standard InChI is InChI=1S/C26H28F3N2O/c1-15-11-19-18-9-4-5-10-22(18)30-24(19)25(31(15)14-26(2,3)29)23-20(27)12-17(13-21(23)28)32-16-7-6-8-16/h4-5,7,9-10,12-13,15-16,25,30H,6,8,11,14H2,1-3H3/t15-,16?,25-/m1/s1. The van der Waals surface area contributed by atoms with E-state index in [9.17, 15) is 4.39 Å². The van der Waals surface area contributed by atoms with E-state index in [0.29, 0.717) is 6.42 Å². The van der Waals surface area contributed by atoms with Gasteiger partial charge in [-0.15, -0.1) is 0 Å². The minimum Gasteiger partial charge on any atom is -0.490 e. The van der Waals surface area contributed by atoms with E-state index in [1.807, 2.05) is 42.5 Å². The summed E-state index contributed by atoms with van der Waals surface area (Å²) in [6, 6.07) is 9.50. The lowest BCUT2D eigenvalue weighted by Crippen LogP contribution is -2.48. The van der Waals surface area contributed by atoms with Crippen LogP contribution in [0.2, 0.25) is 0 Å². The van der Waals surface area contributed by atoms with E-state index in [0.717, 1.165) is 35.0 Å². The molecule has 1 aromatic heterocycles. The summed E-state index contributed by atoms with van der Waals surface area (Å²) in [4.78, 5) is 5.26. The number of benzene rings is 2. The summed E-state index contributed by atoms with van der Waals surface area (Å²) in [7, 11) is 0. The lowest BCUT2D eigenvalue weighted by molar-refractivity contribution is 0.0641. The Morgan fingerprint density at radius 3 is 2.47 bits per heavy atom. The van der Waals surface area contributed by atoms with Gasteiger partial charge in [-0.1, -0.05) is 18.2 Å². The molecule has 1 saturated carbocycles. The summed E-state index contributed by atoms with van der Waals surface area (Å²) in [5, 5.41) is 1.04. The molecule has 1 aliphatic heterocycles. The fourth-order valence-corrected chi connectivity index (χ4v) is 4.97. The molecular weight excluding hydrogens is 413 g/mol. The second-order valence-electron chi connectivity index (χ2n) is 9.68. The summed E-state index contributed by atoms with van der Waals surface area (Å²) in [5.74, 6) is -1.17. The third kappa shape index (κ3) is 3.79. The number of aromatic nitrogens is 1. The quantitative estimate of drug-likeness (QED) is 0.505. The Morgan fingerprint density at radius 2 is 1.84 bits per heavy atom. The van der Waals surface area contributed by atoms with Gasteiger partial charge in [-0.25, -0.2) is 13.2 Å². The summed E-state index contributed by atoms with van der Waals surface area (Å²) < 4.78 is 51.5. The maximum Gasteiger partial charge on any atom is 0.135 e. The molecule has 0 saturated heterocycles. The van der Waals surface area contributed by atoms with Gasteiger partial charge in [0.1, 0.15) is 29.2 Å². The fourth-order valence-electron chi connectivity index (χ4n) is 4.97. The van der Waals surface area contributed by atoms with E-state index in [1.165, 1.54) is 26.0 Å². The highest BCUT2D eigenvalue weighted by molar-refractivity contribution is 5.85. The molecule has 2 aromatic carbocycles. The Balaban J connectivity index is 1.65. The fraction of sp³-hybridized carbons (Fsp3) is 0.423. The number of nitrogens with one attached hydrogen (secondary N) is 1. The zero-order valence-corrected chi connectivity index (χ0v) is 18.6. The average molecular weight is 442 g/mol. The lowest BCUT2D eigenvalue weighted by atomic mass is 9.87. The number of H-pyrrole nitrogens is 1. The summed E-state index contributed by atoms with van der Waals surface area (Å²) >= 11 is 0. The van der Waals surface area contributed by atoms with E-state index in [4.69, 9.17) is 4.74 Å². The highest BCUT2D eigenvalue weighted by Gasteiger charge is 2.41. The number of alkyl halides is 1. The van der Waals surface area contributed by atoms with Crippen LogP contribution in [-0.2, 0) is 6.42 Å². The predicted molar refractivity (Wildman–Crippen MR) is 120 cm³/mol. The summed E-state index contributed by atoms with van der Waals surface area (Å²) in [5.41, 5.74) is 1.09. The van der Waals surface area contributed by atoms with Crippen molar-refractivity contribution in [2.24, 2.45) is 0 Å². The second kappa shape index (κ2) is 7.84. The first kappa shape index (κ1) is 21.4. The topological polar surface area (TPSA) is 28.3 Å². The summed E-state index contributed by atoms with van der Waals surface area (Å²) in [6.07, 6.45) is 4.36. The molecule has 1 aliphatic carbocycles. The Hall–Kier alpha value is -2.47. The van der Waals surface area contributed by atoms with Crippen LogP contribution >= 0.6 is 0 Å². The van der Waals surface area contributed by atoms with E-state index in [2.05, 4.69) is 4.98 Å². The van der Waals surface area contributed by atoms with Crippen molar-refractivity contribution in [2.45, 2.75) is 63.9 Å². The van der Waals surface area contributed by atoms with Crippen molar-refractivity contribution in [3.8, 4) is 5.75 Å². The van der Waals surface area contributed by atoms with Gasteiger partial charge in [0, 0.05) is 53.3 Å².